The molecule has 1 aromatic carbocycles. The lowest BCUT2D eigenvalue weighted by Crippen LogP contribution is -2.35. The van der Waals surface area contributed by atoms with Crippen molar-refractivity contribution in [2.45, 2.75) is 64.3 Å². The summed E-state index contributed by atoms with van der Waals surface area (Å²) in [5, 5.41) is 3.02. The molecule has 1 aliphatic carbocycles. The number of oxazole rings is 1. The van der Waals surface area contributed by atoms with E-state index in [1.165, 1.54) is 12.8 Å². The van der Waals surface area contributed by atoms with Crippen LogP contribution in [0, 0.1) is 6.92 Å². The Hall–Kier alpha value is -2.43. The Morgan fingerprint density at radius 1 is 1.12 bits per heavy atom. The smallest absolute Gasteiger partial charge is 0.227 e. The van der Waals surface area contributed by atoms with Crippen LogP contribution in [0.3, 0.4) is 0 Å². The van der Waals surface area contributed by atoms with Crippen molar-refractivity contribution in [2.75, 3.05) is 0 Å². The normalized spacial score (nSPS) is 15.4. The Labute approximate surface area is 154 Å². The predicted octanol–water partition coefficient (Wildman–Crippen LogP) is 3.99. The quantitative estimate of drug-likeness (QED) is 0.629. The van der Waals surface area contributed by atoms with Gasteiger partial charge in [0.15, 0.2) is 0 Å². The van der Waals surface area contributed by atoms with Crippen molar-refractivity contribution in [1.82, 2.24) is 10.3 Å². The maximum absolute atomic E-state index is 12.3. The number of hydrogen-bond donors (Lipinski definition) is 1. The molecule has 0 saturated heterocycles. The number of carbonyl (C=O) groups is 2. The van der Waals surface area contributed by atoms with Crippen molar-refractivity contribution < 1.29 is 14.0 Å². The van der Waals surface area contributed by atoms with Gasteiger partial charge in [0.05, 0.1) is 18.5 Å². The molecule has 1 amide bonds. The largest absolute Gasteiger partial charge is 0.441 e. The van der Waals surface area contributed by atoms with E-state index < -0.39 is 0 Å². The summed E-state index contributed by atoms with van der Waals surface area (Å²) in [6.45, 7) is 1.80. The van der Waals surface area contributed by atoms with Crippen LogP contribution < -0.4 is 5.32 Å². The van der Waals surface area contributed by atoms with Gasteiger partial charge in [-0.25, -0.2) is 4.98 Å². The molecule has 0 unspecified atom stereocenters. The fourth-order valence-corrected chi connectivity index (χ4v) is 3.43. The minimum atomic E-state index is -0.175. The molecule has 0 aliphatic heterocycles. The van der Waals surface area contributed by atoms with Crippen molar-refractivity contribution in [2.24, 2.45) is 0 Å². The van der Waals surface area contributed by atoms with Gasteiger partial charge in [0, 0.05) is 11.6 Å². The third kappa shape index (κ3) is 5.04. The molecule has 1 aromatic heterocycles. The number of benzene rings is 1. The summed E-state index contributed by atoms with van der Waals surface area (Å²) >= 11 is 0. The van der Waals surface area contributed by atoms with Crippen LogP contribution in [0.2, 0.25) is 0 Å². The second kappa shape index (κ2) is 8.79. The molecule has 0 radical (unpaired) electrons. The van der Waals surface area contributed by atoms with Gasteiger partial charge in [0.25, 0.3) is 0 Å². The number of carbonyl (C=O) groups excluding carboxylic acids is 2. The number of hydrogen-bond acceptors (Lipinski definition) is 4. The summed E-state index contributed by atoms with van der Waals surface area (Å²) in [4.78, 5) is 28.9. The summed E-state index contributed by atoms with van der Waals surface area (Å²) in [5.74, 6) is 0.827. The summed E-state index contributed by atoms with van der Waals surface area (Å²) < 4.78 is 5.68. The fourth-order valence-electron chi connectivity index (χ4n) is 3.43. The fraction of sp³-hybridized carbons (Fsp3) is 0.476. The Morgan fingerprint density at radius 2 is 1.81 bits per heavy atom. The monoisotopic (exact) mass is 354 g/mol. The molecule has 0 bridgehead atoms. The molecule has 5 heteroatoms. The second-order valence-electron chi connectivity index (χ2n) is 7.04. The lowest BCUT2D eigenvalue weighted by molar-refractivity contribution is -0.128. The highest BCUT2D eigenvalue weighted by molar-refractivity contribution is 5.98. The van der Waals surface area contributed by atoms with Gasteiger partial charge in [0.1, 0.15) is 11.5 Å². The van der Waals surface area contributed by atoms with Crippen molar-refractivity contribution in [3.63, 3.8) is 0 Å². The first-order valence-corrected chi connectivity index (χ1v) is 9.44. The van der Waals surface area contributed by atoms with Crippen LogP contribution in [-0.2, 0) is 16.0 Å². The maximum Gasteiger partial charge on any atom is 0.227 e. The molecule has 1 fully saturated rings. The van der Waals surface area contributed by atoms with Crippen LogP contribution in [0.15, 0.2) is 34.7 Å². The van der Waals surface area contributed by atoms with E-state index in [9.17, 15) is 9.59 Å². The van der Waals surface area contributed by atoms with Crippen LogP contribution in [0.4, 0.5) is 0 Å². The van der Waals surface area contributed by atoms with Crippen molar-refractivity contribution >= 4 is 11.7 Å². The zero-order chi connectivity index (χ0) is 18.4. The molecule has 1 heterocycles. The molecule has 2 aromatic rings. The Morgan fingerprint density at radius 3 is 2.50 bits per heavy atom. The molecule has 138 valence electrons. The molecule has 1 aliphatic rings. The molecular formula is C21H26N2O3. The number of ketones is 1. The van der Waals surface area contributed by atoms with E-state index in [0.717, 1.165) is 31.2 Å². The molecule has 0 spiro atoms. The van der Waals surface area contributed by atoms with Gasteiger partial charge in [0.2, 0.25) is 11.8 Å². The third-order valence-electron chi connectivity index (χ3n) is 4.86. The minimum absolute atomic E-state index is 0.0938. The van der Waals surface area contributed by atoms with E-state index in [1.54, 1.807) is 6.92 Å². The highest BCUT2D eigenvalue weighted by Gasteiger charge is 2.19. The van der Waals surface area contributed by atoms with Crippen LogP contribution in [0.5, 0.6) is 0 Å². The van der Waals surface area contributed by atoms with E-state index >= 15 is 0 Å². The summed E-state index contributed by atoms with van der Waals surface area (Å²) in [7, 11) is 0. The SMILES string of the molecule is Cc1oc(-c2ccccc2)nc1CC(=O)CC(=O)NC1CCCCCC1. The van der Waals surface area contributed by atoms with Gasteiger partial charge in [-0.1, -0.05) is 43.9 Å². The van der Waals surface area contributed by atoms with Gasteiger partial charge < -0.3 is 9.73 Å². The Bertz CT molecular complexity index is 744. The van der Waals surface area contributed by atoms with Gasteiger partial charge in [-0.15, -0.1) is 0 Å². The standard InChI is InChI=1S/C21H26N2O3/c1-15-19(23-21(26-15)16-9-5-4-6-10-16)13-18(24)14-20(25)22-17-11-7-2-3-8-12-17/h4-6,9-10,17H,2-3,7-8,11-14H2,1H3,(H,22,25). The molecule has 0 atom stereocenters. The number of Topliss-reactive ketones (excluding diaryl/α,β-unsaturated/α-hetero) is 1. The van der Waals surface area contributed by atoms with Gasteiger partial charge in [-0.3, -0.25) is 9.59 Å². The zero-order valence-electron chi connectivity index (χ0n) is 15.3. The van der Waals surface area contributed by atoms with E-state index in [1.807, 2.05) is 30.3 Å². The molecule has 26 heavy (non-hydrogen) atoms. The van der Waals surface area contributed by atoms with E-state index in [2.05, 4.69) is 10.3 Å². The highest BCUT2D eigenvalue weighted by Crippen LogP contribution is 2.22. The van der Waals surface area contributed by atoms with E-state index in [-0.39, 0.29) is 30.6 Å². The minimum Gasteiger partial charge on any atom is -0.441 e. The molecule has 3 rings (SSSR count). The number of rotatable bonds is 6. The molecule has 1 N–H and O–H groups in total. The Kier molecular flexibility index (Phi) is 6.21. The third-order valence-corrected chi connectivity index (χ3v) is 4.86. The lowest BCUT2D eigenvalue weighted by Gasteiger charge is -2.15. The zero-order valence-corrected chi connectivity index (χ0v) is 15.3. The number of nitrogens with one attached hydrogen (secondary N) is 1. The van der Waals surface area contributed by atoms with Crippen LogP contribution in [0.1, 0.15) is 56.4 Å². The first-order chi connectivity index (χ1) is 12.6. The van der Waals surface area contributed by atoms with E-state index in [0.29, 0.717) is 17.3 Å². The number of aryl methyl sites for hydroxylation is 1. The molecule has 5 nitrogen and oxygen atoms in total. The average molecular weight is 354 g/mol. The first kappa shape index (κ1) is 18.4. The van der Waals surface area contributed by atoms with Crippen LogP contribution in [-0.4, -0.2) is 22.7 Å². The lowest BCUT2D eigenvalue weighted by atomic mass is 10.1. The van der Waals surface area contributed by atoms with Crippen molar-refractivity contribution in [1.29, 1.82) is 0 Å². The summed E-state index contributed by atoms with van der Waals surface area (Å²) in [6.07, 6.45) is 6.84. The van der Waals surface area contributed by atoms with Gasteiger partial charge >= 0.3 is 0 Å². The van der Waals surface area contributed by atoms with Crippen molar-refractivity contribution in [3.05, 3.63) is 41.8 Å². The van der Waals surface area contributed by atoms with Crippen LogP contribution >= 0.6 is 0 Å². The number of nitrogens with zero attached hydrogens (tertiary/aromatic N) is 1. The predicted molar refractivity (Wildman–Crippen MR) is 99.6 cm³/mol. The Balaban J connectivity index is 1.54. The topological polar surface area (TPSA) is 72.2 Å². The van der Waals surface area contributed by atoms with Gasteiger partial charge in [-0.05, 0) is 31.9 Å². The number of amides is 1. The number of aromatic nitrogens is 1. The molecule has 1 saturated carbocycles. The summed E-state index contributed by atoms with van der Waals surface area (Å²) in [6, 6.07) is 9.80. The summed E-state index contributed by atoms with van der Waals surface area (Å²) in [5.41, 5.74) is 1.48. The first-order valence-electron chi connectivity index (χ1n) is 9.44. The maximum atomic E-state index is 12.3. The van der Waals surface area contributed by atoms with E-state index in [4.69, 9.17) is 4.42 Å². The van der Waals surface area contributed by atoms with Crippen molar-refractivity contribution in [3.8, 4) is 11.5 Å². The highest BCUT2D eigenvalue weighted by atomic mass is 16.4. The van der Waals surface area contributed by atoms with Gasteiger partial charge in [-0.2, -0.15) is 0 Å². The second-order valence-corrected chi connectivity index (χ2v) is 7.04. The van der Waals surface area contributed by atoms with Crippen LogP contribution in [0.25, 0.3) is 11.5 Å². The molecular weight excluding hydrogens is 328 g/mol. The average Bonchev–Trinajstić information content (AvgIpc) is 2.82.